The largest absolute Gasteiger partial charge is 0.493 e. The van der Waals surface area contributed by atoms with Gasteiger partial charge in [0, 0.05) is 17.7 Å². The number of ether oxygens (including phenoxy) is 3. The van der Waals surface area contributed by atoms with E-state index >= 15 is 0 Å². The summed E-state index contributed by atoms with van der Waals surface area (Å²) in [6, 6.07) is 5.04. The third-order valence-corrected chi connectivity index (χ3v) is 3.33. The van der Waals surface area contributed by atoms with Gasteiger partial charge in [0.1, 0.15) is 5.76 Å². The van der Waals surface area contributed by atoms with E-state index < -0.39 is 0 Å². The summed E-state index contributed by atoms with van der Waals surface area (Å²) in [5.74, 6) is 1.87. The summed E-state index contributed by atoms with van der Waals surface area (Å²) in [6.07, 6.45) is 1.59. The number of hydrogen-bond donors (Lipinski definition) is 1. The minimum absolute atomic E-state index is 0.236. The molecule has 0 unspecified atom stereocenters. The summed E-state index contributed by atoms with van der Waals surface area (Å²) < 4.78 is 20.9. The van der Waals surface area contributed by atoms with E-state index in [4.69, 9.17) is 18.6 Å². The standard InChI is InChI=1S/C16H19NO5/c1-10-11(5-6-22-10)9-17-16(18)12-7-13(19-2)15(21-4)14(8-12)20-3/h5-8H,9H2,1-4H3,(H,17,18). The zero-order chi connectivity index (χ0) is 16.1. The minimum Gasteiger partial charge on any atom is -0.493 e. The van der Waals surface area contributed by atoms with Crippen molar-refractivity contribution in [3.05, 3.63) is 41.3 Å². The first-order valence-electron chi connectivity index (χ1n) is 6.71. The molecule has 1 heterocycles. The molecule has 118 valence electrons. The van der Waals surface area contributed by atoms with Crippen LogP contribution in [0.3, 0.4) is 0 Å². The van der Waals surface area contributed by atoms with Gasteiger partial charge in [0.25, 0.3) is 5.91 Å². The number of rotatable bonds is 6. The van der Waals surface area contributed by atoms with Crippen LogP contribution >= 0.6 is 0 Å². The van der Waals surface area contributed by atoms with Gasteiger partial charge in [-0.15, -0.1) is 0 Å². The minimum atomic E-state index is -0.236. The van der Waals surface area contributed by atoms with Crippen molar-refractivity contribution >= 4 is 5.91 Å². The molecular formula is C16H19NO5. The molecule has 0 aliphatic heterocycles. The van der Waals surface area contributed by atoms with E-state index in [0.29, 0.717) is 29.4 Å². The van der Waals surface area contributed by atoms with Crippen molar-refractivity contribution in [2.75, 3.05) is 21.3 Å². The van der Waals surface area contributed by atoms with Crippen molar-refractivity contribution in [2.24, 2.45) is 0 Å². The van der Waals surface area contributed by atoms with Gasteiger partial charge in [0.2, 0.25) is 5.75 Å². The molecule has 0 aliphatic rings. The highest BCUT2D eigenvalue weighted by Crippen LogP contribution is 2.38. The summed E-state index contributed by atoms with van der Waals surface area (Å²) in [7, 11) is 4.53. The zero-order valence-corrected chi connectivity index (χ0v) is 13.1. The SMILES string of the molecule is COc1cc(C(=O)NCc2ccoc2C)cc(OC)c1OC. The van der Waals surface area contributed by atoms with Gasteiger partial charge in [-0.2, -0.15) is 0 Å². The molecule has 0 atom stereocenters. The molecule has 2 rings (SSSR count). The molecule has 1 amide bonds. The van der Waals surface area contributed by atoms with Gasteiger partial charge in [-0.05, 0) is 25.1 Å². The second kappa shape index (κ2) is 6.89. The van der Waals surface area contributed by atoms with E-state index in [0.717, 1.165) is 11.3 Å². The van der Waals surface area contributed by atoms with E-state index in [1.807, 2.05) is 13.0 Å². The number of carbonyl (C=O) groups is 1. The average molecular weight is 305 g/mol. The Morgan fingerprint density at radius 3 is 2.23 bits per heavy atom. The first-order chi connectivity index (χ1) is 10.6. The fraction of sp³-hybridized carbons (Fsp3) is 0.312. The molecule has 1 aromatic carbocycles. The maximum Gasteiger partial charge on any atom is 0.251 e. The zero-order valence-electron chi connectivity index (χ0n) is 13.1. The molecule has 0 saturated carbocycles. The van der Waals surface area contributed by atoms with Crippen LogP contribution in [-0.2, 0) is 6.54 Å². The number of furan rings is 1. The van der Waals surface area contributed by atoms with E-state index in [1.165, 1.54) is 21.3 Å². The second-order valence-electron chi connectivity index (χ2n) is 4.60. The highest BCUT2D eigenvalue weighted by atomic mass is 16.5. The average Bonchev–Trinajstić information content (AvgIpc) is 2.96. The van der Waals surface area contributed by atoms with Gasteiger partial charge >= 0.3 is 0 Å². The number of methoxy groups -OCH3 is 3. The number of nitrogens with one attached hydrogen (secondary N) is 1. The summed E-state index contributed by atoms with van der Waals surface area (Å²) in [6.45, 7) is 2.23. The molecule has 2 aromatic rings. The maximum atomic E-state index is 12.3. The summed E-state index contributed by atoms with van der Waals surface area (Å²) in [4.78, 5) is 12.3. The molecule has 0 spiro atoms. The van der Waals surface area contributed by atoms with E-state index in [2.05, 4.69) is 5.32 Å². The number of benzene rings is 1. The normalized spacial score (nSPS) is 10.2. The second-order valence-corrected chi connectivity index (χ2v) is 4.60. The number of hydrogen-bond acceptors (Lipinski definition) is 5. The van der Waals surface area contributed by atoms with E-state index in [9.17, 15) is 4.79 Å². The fourth-order valence-corrected chi connectivity index (χ4v) is 2.08. The Morgan fingerprint density at radius 1 is 1.14 bits per heavy atom. The molecule has 22 heavy (non-hydrogen) atoms. The maximum absolute atomic E-state index is 12.3. The topological polar surface area (TPSA) is 69.9 Å². The van der Waals surface area contributed by atoms with E-state index in [1.54, 1.807) is 18.4 Å². The van der Waals surface area contributed by atoms with Crippen LogP contribution in [0.15, 0.2) is 28.9 Å². The monoisotopic (exact) mass is 305 g/mol. The Kier molecular flexibility index (Phi) is 4.93. The lowest BCUT2D eigenvalue weighted by atomic mass is 10.1. The van der Waals surface area contributed by atoms with Crippen molar-refractivity contribution < 1.29 is 23.4 Å². The lowest BCUT2D eigenvalue weighted by Crippen LogP contribution is -2.23. The molecule has 1 N–H and O–H groups in total. The van der Waals surface area contributed by atoms with E-state index in [-0.39, 0.29) is 5.91 Å². The third-order valence-electron chi connectivity index (χ3n) is 3.33. The summed E-state index contributed by atoms with van der Waals surface area (Å²) in [5.41, 5.74) is 1.36. The van der Waals surface area contributed by atoms with Crippen LogP contribution in [0.25, 0.3) is 0 Å². The Bertz CT molecular complexity index is 637. The lowest BCUT2D eigenvalue weighted by molar-refractivity contribution is 0.0950. The highest BCUT2D eigenvalue weighted by Gasteiger charge is 2.17. The summed E-state index contributed by atoms with van der Waals surface area (Å²) in [5, 5.41) is 2.83. The first-order valence-corrected chi connectivity index (χ1v) is 6.71. The molecule has 6 heteroatoms. The van der Waals surface area contributed by atoms with Crippen LogP contribution in [0.4, 0.5) is 0 Å². The van der Waals surface area contributed by atoms with Gasteiger partial charge in [-0.1, -0.05) is 0 Å². The molecule has 0 radical (unpaired) electrons. The van der Waals surface area contributed by atoms with Crippen molar-refractivity contribution in [3.8, 4) is 17.2 Å². The Balaban J connectivity index is 2.20. The van der Waals surface area contributed by atoms with Crippen LogP contribution < -0.4 is 19.5 Å². The van der Waals surface area contributed by atoms with Crippen molar-refractivity contribution in [1.82, 2.24) is 5.32 Å². The molecule has 1 aromatic heterocycles. The number of amides is 1. The van der Waals surface area contributed by atoms with Gasteiger partial charge in [0.05, 0.1) is 27.6 Å². The molecule has 0 aliphatic carbocycles. The van der Waals surface area contributed by atoms with Crippen molar-refractivity contribution in [2.45, 2.75) is 13.5 Å². The lowest BCUT2D eigenvalue weighted by Gasteiger charge is -2.14. The Hall–Kier alpha value is -2.63. The molecule has 6 nitrogen and oxygen atoms in total. The van der Waals surface area contributed by atoms with Crippen LogP contribution in [0.2, 0.25) is 0 Å². The van der Waals surface area contributed by atoms with Gasteiger partial charge < -0.3 is 23.9 Å². The first kappa shape index (κ1) is 15.8. The van der Waals surface area contributed by atoms with Crippen molar-refractivity contribution in [3.63, 3.8) is 0 Å². The summed E-state index contributed by atoms with van der Waals surface area (Å²) >= 11 is 0. The van der Waals surface area contributed by atoms with Crippen molar-refractivity contribution in [1.29, 1.82) is 0 Å². The van der Waals surface area contributed by atoms with Gasteiger partial charge in [-0.25, -0.2) is 0 Å². The van der Waals surface area contributed by atoms with Crippen LogP contribution in [0.1, 0.15) is 21.7 Å². The highest BCUT2D eigenvalue weighted by molar-refractivity contribution is 5.95. The van der Waals surface area contributed by atoms with Gasteiger partial charge in [-0.3, -0.25) is 4.79 Å². The van der Waals surface area contributed by atoms with Crippen LogP contribution in [0, 0.1) is 6.92 Å². The number of aryl methyl sites for hydroxylation is 1. The van der Waals surface area contributed by atoms with Gasteiger partial charge in [0.15, 0.2) is 11.5 Å². The molecule has 0 bridgehead atoms. The molecular weight excluding hydrogens is 286 g/mol. The Morgan fingerprint density at radius 2 is 1.77 bits per heavy atom. The van der Waals surface area contributed by atoms with Crippen LogP contribution in [-0.4, -0.2) is 27.2 Å². The molecule has 0 saturated heterocycles. The number of carbonyl (C=O) groups excluding carboxylic acids is 1. The molecule has 0 fully saturated rings. The smallest absolute Gasteiger partial charge is 0.251 e. The predicted octanol–water partition coefficient (Wildman–Crippen LogP) is 2.54. The fourth-order valence-electron chi connectivity index (χ4n) is 2.08. The third kappa shape index (κ3) is 3.16. The predicted molar refractivity (Wildman–Crippen MR) is 80.7 cm³/mol. The Labute approximate surface area is 129 Å². The van der Waals surface area contributed by atoms with Crippen LogP contribution in [0.5, 0.6) is 17.2 Å². The quantitative estimate of drug-likeness (QED) is 0.888.